The van der Waals surface area contributed by atoms with Gasteiger partial charge in [-0.15, -0.1) is 0 Å². The molecule has 0 saturated heterocycles. The highest BCUT2D eigenvalue weighted by Crippen LogP contribution is 2.35. The molecule has 0 radical (unpaired) electrons. The number of esters is 1. The molecule has 11 nitrogen and oxygen atoms in total. The largest absolute Gasteiger partial charge is 0.497 e. The van der Waals surface area contributed by atoms with Crippen LogP contribution in [0.4, 0.5) is 5.69 Å². The van der Waals surface area contributed by atoms with Crippen molar-refractivity contribution in [2.75, 3.05) is 31.7 Å². The van der Waals surface area contributed by atoms with Gasteiger partial charge in [-0.05, 0) is 55.5 Å². The zero-order valence-corrected chi connectivity index (χ0v) is 24.0. The van der Waals surface area contributed by atoms with Crippen molar-refractivity contribution in [1.29, 1.82) is 0 Å². The van der Waals surface area contributed by atoms with E-state index >= 15 is 0 Å². The van der Waals surface area contributed by atoms with Gasteiger partial charge in [-0.2, -0.15) is 5.10 Å². The summed E-state index contributed by atoms with van der Waals surface area (Å²) in [6.07, 6.45) is 1.29. The van der Waals surface area contributed by atoms with Gasteiger partial charge < -0.3 is 18.6 Å². The SMILES string of the molecule is CCOC(=O)c1ccc(-c2ccc(/C=N\NC(=O)CN(c3ccc(OC)cc3OC)S(=O)(=O)c3ccccc3)o2)cc1. The first-order chi connectivity index (χ1) is 20.3. The Labute approximate surface area is 243 Å². The summed E-state index contributed by atoms with van der Waals surface area (Å²) in [6.45, 7) is 1.43. The molecule has 12 heteroatoms. The third-order valence-corrected chi connectivity index (χ3v) is 7.74. The normalized spacial score (nSPS) is 11.2. The molecule has 1 aromatic heterocycles. The number of hydrogen-bond acceptors (Lipinski definition) is 9. The van der Waals surface area contributed by atoms with Gasteiger partial charge in [-0.25, -0.2) is 18.6 Å². The van der Waals surface area contributed by atoms with Gasteiger partial charge in [0, 0.05) is 11.6 Å². The molecule has 42 heavy (non-hydrogen) atoms. The van der Waals surface area contributed by atoms with Crippen molar-refractivity contribution >= 4 is 33.8 Å². The Balaban J connectivity index is 1.50. The van der Waals surface area contributed by atoms with Gasteiger partial charge in [-0.3, -0.25) is 9.10 Å². The van der Waals surface area contributed by atoms with E-state index in [4.69, 9.17) is 18.6 Å². The predicted molar refractivity (Wildman–Crippen MR) is 156 cm³/mol. The van der Waals surface area contributed by atoms with Crippen LogP contribution in [0.15, 0.2) is 99.3 Å². The van der Waals surface area contributed by atoms with Crippen LogP contribution in [0.2, 0.25) is 0 Å². The summed E-state index contributed by atoms with van der Waals surface area (Å²) in [5.41, 5.74) is 3.64. The minimum atomic E-state index is -4.17. The van der Waals surface area contributed by atoms with E-state index in [0.717, 1.165) is 9.87 Å². The summed E-state index contributed by atoms with van der Waals surface area (Å²) in [5, 5.41) is 3.93. The van der Waals surface area contributed by atoms with E-state index < -0.39 is 28.4 Å². The molecule has 0 bridgehead atoms. The van der Waals surface area contributed by atoms with E-state index in [-0.39, 0.29) is 22.9 Å². The molecule has 1 N–H and O–H groups in total. The molecule has 4 rings (SSSR count). The smallest absolute Gasteiger partial charge is 0.338 e. The first-order valence-electron chi connectivity index (χ1n) is 12.8. The number of anilines is 1. The molecule has 0 unspecified atom stereocenters. The maximum absolute atomic E-state index is 13.6. The van der Waals surface area contributed by atoms with Crippen LogP contribution >= 0.6 is 0 Å². The Morgan fingerprint density at radius 1 is 0.952 bits per heavy atom. The first kappa shape index (κ1) is 29.9. The van der Waals surface area contributed by atoms with E-state index in [9.17, 15) is 18.0 Å². The number of rotatable bonds is 12. The predicted octanol–water partition coefficient (Wildman–Crippen LogP) is 4.49. The standard InChI is InChI=1S/C30H29N3O8S/c1-4-40-30(35)22-12-10-21(11-13-22)27-17-15-24(41-27)19-31-32-29(34)20-33(42(36,37)25-8-6-5-7-9-25)26-16-14-23(38-2)18-28(26)39-3/h5-19H,4,20H2,1-3H3,(H,32,34)/b31-19-. The molecule has 0 aliphatic heterocycles. The molecule has 0 spiro atoms. The van der Waals surface area contributed by atoms with Gasteiger partial charge in [0.1, 0.15) is 29.6 Å². The second-order valence-electron chi connectivity index (χ2n) is 8.66. The van der Waals surface area contributed by atoms with E-state index in [1.54, 1.807) is 67.6 Å². The number of hydrazone groups is 1. The van der Waals surface area contributed by atoms with Crippen LogP contribution in [0.1, 0.15) is 23.0 Å². The van der Waals surface area contributed by atoms with Gasteiger partial charge in [0.05, 0.1) is 43.2 Å². The van der Waals surface area contributed by atoms with Crippen LogP contribution < -0.4 is 19.2 Å². The maximum Gasteiger partial charge on any atom is 0.338 e. The molecule has 0 aliphatic rings. The fourth-order valence-electron chi connectivity index (χ4n) is 3.91. The summed E-state index contributed by atoms with van der Waals surface area (Å²) >= 11 is 0. The van der Waals surface area contributed by atoms with Gasteiger partial charge in [0.2, 0.25) is 0 Å². The highest BCUT2D eigenvalue weighted by molar-refractivity contribution is 7.92. The quantitative estimate of drug-likeness (QED) is 0.145. The highest BCUT2D eigenvalue weighted by Gasteiger charge is 2.29. The molecule has 3 aromatic carbocycles. The van der Waals surface area contributed by atoms with E-state index in [1.165, 1.54) is 44.7 Å². The van der Waals surface area contributed by atoms with Crippen LogP contribution in [0.3, 0.4) is 0 Å². The molecule has 0 saturated carbocycles. The Bertz CT molecular complexity index is 1670. The summed E-state index contributed by atoms with van der Waals surface area (Å²) < 4.78 is 49.5. The highest BCUT2D eigenvalue weighted by atomic mass is 32.2. The molecule has 1 heterocycles. The number of hydrogen-bond donors (Lipinski definition) is 1. The van der Waals surface area contributed by atoms with Crippen molar-refractivity contribution in [2.45, 2.75) is 11.8 Å². The zero-order chi connectivity index (χ0) is 30.1. The second-order valence-corrected chi connectivity index (χ2v) is 10.5. The van der Waals surface area contributed by atoms with Crippen molar-refractivity contribution in [3.8, 4) is 22.8 Å². The van der Waals surface area contributed by atoms with Gasteiger partial charge in [-0.1, -0.05) is 30.3 Å². The van der Waals surface area contributed by atoms with Crippen LogP contribution in [0, 0.1) is 0 Å². The molecular formula is C30H29N3O8S. The van der Waals surface area contributed by atoms with Crippen molar-refractivity contribution in [3.05, 3.63) is 96.3 Å². The lowest BCUT2D eigenvalue weighted by atomic mass is 10.1. The zero-order valence-electron chi connectivity index (χ0n) is 23.1. The minimum Gasteiger partial charge on any atom is -0.497 e. The fraction of sp³-hybridized carbons (Fsp3) is 0.167. The lowest BCUT2D eigenvalue weighted by Gasteiger charge is -2.25. The van der Waals surface area contributed by atoms with E-state index in [2.05, 4.69) is 10.5 Å². The van der Waals surface area contributed by atoms with Crippen molar-refractivity contribution in [2.24, 2.45) is 5.10 Å². The number of nitrogens with zero attached hydrogens (tertiary/aromatic N) is 2. The van der Waals surface area contributed by atoms with Crippen LogP contribution in [-0.4, -0.2) is 53.9 Å². The third kappa shape index (κ3) is 6.96. The number of furan rings is 1. The lowest BCUT2D eigenvalue weighted by molar-refractivity contribution is -0.119. The van der Waals surface area contributed by atoms with Gasteiger partial charge >= 0.3 is 5.97 Å². The Morgan fingerprint density at radius 2 is 1.69 bits per heavy atom. The van der Waals surface area contributed by atoms with Crippen LogP contribution in [-0.2, 0) is 19.6 Å². The molecule has 0 atom stereocenters. The third-order valence-electron chi connectivity index (χ3n) is 5.96. The van der Waals surface area contributed by atoms with Crippen molar-refractivity contribution < 1.29 is 36.6 Å². The van der Waals surface area contributed by atoms with Crippen molar-refractivity contribution in [3.63, 3.8) is 0 Å². The maximum atomic E-state index is 13.6. The lowest BCUT2D eigenvalue weighted by Crippen LogP contribution is -2.39. The van der Waals surface area contributed by atoms with Crippen LogP contribution in [0.5, 0.6) is 11.5 Å². The number of methoxy groups -OCH3 is 2. The molecule has 0 fully saturated rings. The number of benzene rings is 3. The number of sulfonamides is 1. The molecule has 4 aromatic rings. The Morgan fingerprint density at radius 3 is 2.36 bits per heavy atom. The van der Waals surface area contributed by atoms with Gasteiger partial charge in [0.15, 0.2) is 0 Å². The average Bonchev–Trinajstić information content (AvgIpc) is 3.49. The van der Waals surface area contributed by atoms with Crippen molar-refractivity contribution in [1.82, 2.24) is 5.43 Å². The average molecular weight is 592 g/mol. The number of nitrogens with one attached hydrogen (secondary N) is 1. The van der Waals surface area contributed by atoms with E-state index in [1.807, 2.05) is 0 Å². The minimum absolute atomic E-state index is 0.00224. The molecule has 1 amide bonds. The van der Waals surface area contributed by atoms with Gasteiger partial charge in [0.25, 0.3) is 15.9 Å². The fourth-order valence-corrected chi connectivity index (χ4v) is 5.36. The Hall–Kier alpha value is -5.10. The monoisotopic (exact) mass is 591 g/mol. The first-order valence-corrected chi connectivity index (χ1v) is 14.2. The second kappa shape index (κ2) is 13.5. The molecule has 0 aliphatic carbocycles. The number of carbonyl (C=O) groups is 2. The number of ether oxygens (including phenoxy) is 3. The molecular weight excluding hydrogens is 562 g/mol. The van der Waals surface area contributed by atoms with E-state index in [0.29, 0.717) is 22.8 Å². The molecule has 218 valence electrons. The summed E-state index contributed by atoms with van der Waals surface area (Å²) in [7, 11) is -1.30. The number of amides is 1. The summed E-state index contributed by atoms with van der Waals surface area (Å²) in [4.78, 5) is 24.8. The summed E-state index contributed by atoms with van der Waals surface area (Å²) in [5.74, 6) is 0.394. The Kier molecular flexibility index (Phi) is 9.61. The number of carbonyl (C=O) groups excluding carboxylic acids is 2. The topological polar surface area (TPSA) is 137 Å². The summed E-state index contributed by atoms with van der Waals surface area (Å²) in [6, 6.07) is 22.4. The van der Waals surface area contributed by atoms with Crippen LogP contribution in [0.25, 0.3) is 11.3 Å².